The quantitative estimate of drug-likeness (QED) is 0.840. The summed E-state index contributed by atoms with van der Waals surface area (Å²) in [6.07, 6.45) is 0. The van der Waals surface area contributed by atoms with E-state index >= 15 is 0 Å². The Kier molecular flexibility index (Phi) is 3.14. The number of halogens is 1. The molecule has 1 aromatic heterocycles. The maximum atomic E-state index is 11.3. The number of carbonyl (C=O) groups is 1. The average Bonchev–Trinajstić information content (AvgIpc) is 2.69. The second kappa shape index (κ2) is 4.41. The minimum absolute atomic E-state index is 0.433. The van der Waals surface area contributed by atoms with Crippen LogP contribution in [0.25, 0.3) is 10.1 Å². The molecule has 0 saturated heterocycles. The summed E-state index contributed by atoms with van der Waals surface area (Å²) < 4.78 is 5.62. The van der Waals surface area contributed by atoms with Crippen molar-refractivity contribution in [1.29, 1.82) is 0 Å². The molecule has 2 rings (SSSR count). The molecule has 0 bridgehead atoms. The van der Waals surface area contributed by atoms with Crippen molar-refractivity contribution in [1.82, 2.24) is 0 Å². The van der Waals surface area contributed by atoms with Crippen LogP contribution in [0.1, 0.15) is 10.9 Å². The molecule has 16 heavy (non-hydrogen) atoms. The van der Waals surface area contributed by atoms with Crippen LogP contribution >= 0.6 is 22.9 Å². The fourth-order valence-corrected chi connectivity index (χ4v) is 2.75. The van der Waals surface area contributed by atoms with Crippen LogP contribution in [0.4, 0.5) is 0 Å². The monoisotopic (exact) mass is 255 g/mol. The van der Waals surface area contributed by atoms with Gasteiger partial charge in [0.25, 0.3) is 0 Å². The van der Waals surface area contributed by atoms with Crippen LogP contribution in [0, 0.1) is 0 Å². The van der Waals surface area contributed by atoms with E-state index in [1.54, 1.807) is 0 Å². The Bertz CT molecular complexity index is 538. The van der Waals surface area contributed by atoms with E-state index in [9.17, 15) is 4.79 Å². The van der Waals surface area contributed by atoms with Crippen LogP contribution in [0.15, 0.2) is 24.3 Å². The number of fused-ring (bicyclic) bond motifs is 1. The van der Waals surface area contributed by atoms with Gasteiger partial charge in [-0.2, -0.15) is 0 Å². The smallest absolute Gasteiger partial charge is 0.328 e. The van der Waals surface area contributed by atoms with Gasteiger partial charge >= 0.3 is 5.97 Å². The lowest BCUT2D eigenvalue weighted by atomic mass is 10.2. The molecule has 1 unspecified atom stereocenters. The Morgan fingerprint density at radius 2 is 2.25 bits per heavy atom. The maximum absolute atomic E-state index is 11.3. The van der Waals surface area contributed by atoms with Crippen LogP contribution < -0.4 is 5.73 Å². The summed E-state index contributed by atoms with van der Waals surface area (Å²) in [5.41, 5.74) is 5.75. The lowest BCUT2D eigenvalue weighted by Gasteiger charge is -2.05. The summed E-state index contributed by atoms with van der Waals surface area (Å²) in [5, 5.41) is 1.70. The van der Waals surface area contributed by atoms with Crippen molar-refractivity contribution in [3.05, 3.63) is 34.2 Å². The Balaban J connectivity index is 2.43. The first-order chi connectivity index (χ1) is 7.61. The highest BCUT2D eigenvalue weighted by Gasteiger charge is 2.18. The molecule has 0 aliphatic heterocycles. The molecule has 0 saturated carbocycles. The molecule has 1 aromatic carbocycles. The minimum Gasteiger partial charge on any atom is -0.468 e. The number of rotatable bonds is 2. The molecule has 0 fully saturated rings. The molecule has 3 nitrogen and oxygen atoms in total. The number of benzene rings is 1. The van der Waals surface area contributed by atoms with Crippen LogP contribution in [-0.2, 0) is 9.53 Å². The summed E-state index contributed by atoms with van der Waals surface area (Å²) in [6, 6.07) is 6.74. The van der Waals surface area contributed by atoms with E-state index in [2.05, 4.69) is 4.74 Å². The van der Waals surface area contributed by atoms with Crippen molar-refractivity contribution in [2.75, 3.05) is 7.11 Å². The van der Waals surface area contributed by atoms with E-state index < -0.39 is 12.0 Å². The van der Waals surface area contributed by atoms with Gasteiger partial charge in [0, 0.05) is 14.6 Å². The number of hydrogen-bond donors (Lipinski definition) is 1. The second-order valence-corrected chi connectivity index (χ2v) is 4.88. The third kappa shape index (κ3) is 2.04. The van der Waals surface area contributed by atoms with E-state index in [1.807, 2.05) is 24.3 Å². The summed E-state index contributed by atoms with van der Waals surface area (Å²) in [5.74, 6) is -0.433. The Morgan fingerprint density at radius 1 is 1.50 bits per heavy atom. The zero-order chi connectivity index (χ0) is 11.7. The number of thiophene rings is 1. The topological polar surface area (TPSA) is 52.3 Å². The van der Waals surface area contributed by atoms with E-state index in [0.29, 0.717) is 5.02 Å². The van der Waals surface area contributed by atoms with E-state index in [0.717, 1.165) is 15.0 Å². The standard InChI is InChI=1S/C11H10ClNO2S/c1-15-11(14)10(13)9-4-6-2-3-7(12)5-8(6)16-9/h2-5,10H,13H2,1H3. The first-order valence-electron chi connectivity index (χ1n) is 4.64. The van der Waals surface area contributed by atoms with Crippen LogP contribution in [-0.4, -0.2) is 13.1 Å². The Labute approximate surface area is 102 Å². The fourth-order valence-electron chi connectivity index (χ4n) is 1.42. The van der Waals surface area contributed by atoms with Crippen molar-refractivity contribution >= 4 is 39.0 Å². The van der Waals surface area contributed by atoms with Gasteiger partial charge in [0.05, 0.1) is 7.11 Å². The van der Waals surface area contributed by atoms with Crippen LogP contribution in [0.3, 0.4) is 0 Å². The maximum Gasteiger partial charge on any atom is 0.328 e. The van der Waals surface area contributed by atoms with Gasteiger partial charge in [0.15, 0.2) is 0 Å². The zero-order valence-corrected chi connectivity index (χ0v) is 10.1. The third-order valence-corrected chi connectivity index (χ3v) is 3.68. The normalized spacial score (nSPS) is 12.7. The van der Waals surface area contributed by atoms with Crippen molar-refractivity contribution in [3.63, 3.8) is 0 Å². The van der Waals surface area contributed by atoms with Crippen LogP contribution in [0.5, 0.6) is 0 Å². The summed E-state index contributed by atoms with van der Waals surface area (Å²) in [6.45, 7) is 0. The largest absolute Gasteiger partial charge is 0.468 e. The van der Waals surface area contributed by atoms with Crippen molar-refractivity contribution in [2.24, 2.45) is 5.73 Å². The Morgan fingerprint density at radius 3 is 2.94 bits per heavy atom. The van der Waals surface area contributed by atoms with Gasteiger partial charge in [-0.05, 0) is 23.6 Å². The summed E-state index contributed by atoms with van der Waals surface area (Å²) >= 11 is 7.33. The van der Waals surface area contributed by atoms with Gasteiger partial charge in [0.1, 0.15) is 6.04 Å². The number of ether oxygens (including phenoxy) is 1. The Hall–Kier alpha value is -1.10. The molecule has 0 aliphatic rings. The van der Waals surface area contributed by atoms with Crippen molar-refractivity contribution in [2.45, 2.75) is 6.04 Å². The number of methoxy groups -OCH3 is 1. The number of esters is 1. The number of nitrogens with two attached hydrogens (primary N) is 1. The highest BCUT2D eigenvalue weighted by atomic mass is 35.5. The van der Waals surface area contributed by atoms with Gasteiger partial charge in [0.2, 0.25) is 0 Å². The van der Waals surface area contributed by atoms with E-state index in [-0.39, 0.29) is 0 Å². The lowest BCUT2D eigenvalue weighted by Crippen LogP contribution is -2.21. The molecule has 0 aliphatic carbocycles. The highest BCUT2D eigenvalue weighted by Crippen LogP contribution is 2.31. The molecule has 84 valence electrons. The molecule has 5 heteroatoms. The molecular formula is C11H10ClNO2S. The highest BCUT2D eigenvalue weighted by molar-refractivity contribution is 7.19. The van der Waals surface area contributed by atoms with Crippen molar-refractivity contribution in [3.8, 4) is 0 Å². The van der Waals surface area contributed by atoms with Gasteiger partial charge in [-0.15, -0.1) is 11.3 Å². The molecule has 0 radical (unpaired) electrons. The molecule has 1 heterocycles. The third-order valence-electron chi connectivity index (χ3n) is 2.26. The van der Waals surface area contributed by atoms with Gasteiger partial charge in [-0.25, -0.2) is 4.79 Å². The zero-order valence-electron chi connectivity index (χ0n) is 8.57. The predicted molar refractivity (Wildman–Crippen MR) is 65.8 cm³/mol. The summed E-state index contributed by atoms with van der Waals surface area (Å²) in [4.78, 5) is 12.1. The lowest BCUT2D eigenvalue weighted by molar-refractivity contribution is -0.142. The number of hydrogen-bond acceptors (Lipinski definition) is 4. The van der Waals surface area contributed by atoms with Gasteiger partial charge in [-0.3, -0.25) is 0 Å². The first-order valence-corrected chi connectivity index (χ1v) is 5.83. The fraction of sp³-hybridized carbons (Fsp3) is 0.182. The average molecular weight is 256 g/mol. The molecule has 0 spiro atoms. The van der Waals surface area contributed by atoms with Crippen molar-refractivity contribution < 1.29 is 9.53 Å². The van der Waals surface area contributed by atoms with E-state index in [4.69, 9.17) is 17.3 Å². The minimum atomic E-state index is -0.721. The molecule has 0 amide bonds. The first kappa shape index (κ1) is 11.4. The molecule has 1 atom stereocenters. The molecule has 2 N–H and O–H groups in total. The molecular weight excluding hydrogens is 246 g/mol. The van der Waals surface area contributed by atoms with Gasteiger partial charge < -0.3 is 10.5 Å². The van der Waals surface area contributed by atoms with Gasteiger partial charge in [-0.1, -0.05) is 17.7 Å². The molecule has 2 aromatic rings. The SMILES string of the molecule is COC(=O)C(N)c1cc2ccc(Cl)cc2s1. The van der Waals surface area contributed by atoms with E-state index in [1.165, 1.54) is 18.4 Å². The second-order valence-electron chi connectivity index (χ2n) is 3.33. The van der Waals surface area contributed by atoms with Crippen LogP contribution in [0.2, 0.25) is 5.02 Å². The summed E-state index contributed by atoms with van der Waals surface area (Å²) in [7, 11) is 1.33. The predicted octanol–water partition coefficient (Wildman–Crippen LogP) is 2.73. The number of carbonyl (C=O) groups excluding carboxylic acids is 1.